The van der Waals surface area contributed by atoms with Gasteiger partial charge in [0, 0.05) is 5.38 Å². The molecule has 0 aliphatic heterocycles. The maximum Gasteiger partial charge on any atom is 0.123 e. The van der Waals surface area contributed by atoms with Gasteiger partial charge in [0.1, 0.15) is 5.82 Å². The first-order valence-electron chi connectivity index (χ1n) is 5.27. The number of hydrogen-bond donors (Lipinski definition) is 0. The maximum absolute atomic E-state index is 13.0. The average Bonchev–Trinajstić information content (AvgIpc) is 1.99. The molecule has 84 valence electrons. The second kappa shape index (κ2) is 4.98. The van der Waals surface area contributed by atoms with E-state index in [4.69, 9.17) is 11.6 Å². The van der Waals surface area contributed by atoms with E-state index in [1.807, 2.05) is 13.0 Å². The zero-order valence-electron chi connectivity index (χ0n) is 9.56. The van der Waals surface area contributed by atoms with Gasteiger partial charge in [-0.25, -0.2) is 4.39 Å². The van der Waals surface area contributed by atoms with Gasteiger partial charge in [0.25, 0.3) is 0 Å². The summed E-state index contributed by atoms with van der Waals surface area (Å²) in [4.78, 5) is 0. The fourth-order valence-corrected chi connectivity index (χ4v) is 2.45. The number of alkyl halides is 1. The van der Waals surface area contributed by atoms with Crippen LogP contribution in [0.4, 0.5) is 4.39 Å². The smallest absolute Gasteiger partial charge is 0.123 e. The van der Waals surface area contributed by atoms with Crippen molar-refractivity contribution in [2.75, 3.05) is 0 Å². The van der Waals surface area contributed by atoms with Gasteiger partial charge in [0.05, 0.1) is 0 Å². The van der Waals surface area contributed by atoms with Crippen LogP contribution >= 0.6 is 11.6 Å². The van der Waals surface area contributed by atoms with Gasteiger partial charge in [0.2, 0.25) is 0 Å². The minimum absolute atomic E-state index is 0.120. The Morgan fingerprint density at radius 2 is 2.07 bits per heavy atom. The molecule has 0 aromatic heterocycles. The highest BCUT2D eigenvalue weighted by molar-refractivity contribution is 6.20. The number of halogens is 2. The molecule has 0 spiro atoms. The molecule has 1 unspecified atom stereocenters. The molecule has 0 nitrogen and oxygen atoms in total. The fraction of sp³-hybridized carbons (Fsp3) is 0.538. The summed E-state index contributed by atoms with van der Waals surface area (Å²) in [7, 11) is 0. The summed E-state index contributed by atoms with van der Waals surface area (Å²) in [6, 6.07) is 6.79. The summed E-state index contributed by atoms with van der Waals surface area (Å²) < 4.78 is 13.0. The fourth-order valence-electron chi connectivity index (χ4n) is 2.03. The molecule has 0 saturated heterocycles. The monoisotopic (exact) mass is 228 g/mol. The third-order valence-corrected chi connectivity index (χ3v) is 2.56. The van der Waals surface area contributed by atoms with Crippen molar-refractivity contribution >= 4 is 11.6 Å². The van der Waals surface area contributed by atoms with Gasteiger partial charge >= 0.3 is 0 Å². The Bertz CT molecular complexity index is 318. The van der Waals surface area contributed by atoms with Gasteiger partial charge in [-0.05, 0) is 42.9 Å². The van der Waals surface area contributed by atoms with Gasteiger partial charge in [-0.2, -0.15) is 0 Å². The molecule has 1 rings (SSSR count). The Morgan fingerprint density at radius 1 is 1.40 bits per heavy atom. The normalized spacial score (nSPS) is 13.9. The lowest BCUT2D eigenvalue weighted by atomic mass is 9.82. The third kappa shape index (κ3) is 4.65. The van der Waals surface area contributed by atoms with Crippen LogP contribution in [0.25, 0.3) is 0 Å². The second-order valence-electron chi connectivity index (χ2n) is 4.96. The zero-order chi connectivity index (χ0) is 11.5. The highest BCUT2D eigenvalue weighted by Gasteiger charge is 2.20. The van der Waals surface area contributed by atoms with E-state index < -0.39 is 0 Å². The molecule has 0 bridgehead atoms. The van der Waals surface area contributed by atoms with E-state index >= 15 is 0 Å². The van der Waals surface area contributed by atoms with Gasteiger partial charge in [-0.1, -0.05) is 26.0 Å². The predicted molar refractivity (Wildman–Crippen MR) is 63.8 cm³/mol. The molecule has 0 saturated carbocycles. The van der Waals surface area contributed by atoms with Crippen molar-refractivity contribution in [1.82, 2.24) is 0 Å². The molecule has 0 fully saturated rings. The molecule has 0 aliphatic rings. The summed E-state index contributed by atoms with van der Waals surface area (Å²) in [6.07, 6.45) is 1.80. The third-order valence-electron chi connectivity index (χ3n) is 2.41. The molecule has 0 heterocycles. The molecule has 1 aromatic rings. The second-order valence-corrected chi connectivity index (χ2v) is 5.70. The first kappa shape index (κ1) is 12.5. The van der Waals surface area contributed by atoms with Crippen LogP contribution in [0.5, 0.6) is 0 Å². The van der Waals surface area contributed by atoms with Crippen molar-refractivity contribution < 1.29 is 4.39 Å². The van der Waals surface area contributed by atoms with Gasteiger partial charge < -0.3 is 0 Å². The Morgan fingerprint density at radius 3 is 2.60 bits per heavy atom. The molecule has 0 N–H and O–H groups in total. The van der Waals surface area contributed by atoms with Crippen molar-refractivity contribution in [2.45, 2.75) is 39.0 Å². The van der Waals surface area contributed by atoms with Crippen LogP contribution in [-0.2, 0) is 6.42 Å². The van der Waals surface area contributed by atoms with Crippen molar-refractivity contribution in [3.05, 3.63) is 35.6 Å². The molecule has 15 heavy (non-hydrogen) atoms. The quantitative estimate of drug-likeness (QED) is 0.670. The van der Waals surface area contributed by atoms with Gasteiger partial charge in [-0.15, -0.1) is 11.6 Å². The van der Waals surface area contributed by atoms with E-state index in [2.05, 4.69) is 13.8 Å². The summed E-state index contributed by atoms with van der Waals surface area (Å²) in [5.41, 5.74) is 1.16. The summed E-state index contributed by atoms with van der Waals surface area (Å²) in [6.45, 7) is 6.32. The standard InChI is InChI=1S/C13H18ClF/c1-10(14)8-13(2,3)9-11-5-4-6-12(15)7-11/h4-7,10H,8-9H2,1-3H3. The number of hydrogen-bond acceptors (Lipinski definition) is 0. The molecule has 1 atom stereocenters. The molecule has 0 amide bonds. The van der Waals surface area contributed by atoms with Crippen molar-refractivity contribution in [3.8, 4) is 0 Å². The topological polar surface area (TPSA) is 0 Å². The maximum atomic E-state index is 13.0. The molecule has 0 radical (unpaired) electrons. The lowest BCUT2D eigenvalue weighted by molar-refractivity contribution is 0.331. The highest BCUT2D eigenvalue weighted by Crippen LogP contribution is 2.29. The Labute approximate surface area is 96.5 Å². The van der Waals surface area contributed by atoms with E-state index in [0.717, 1.165) is 18.4 Å². The Hall–Kier alpha value is -0.560. The largest absolute Gasteiger partial charge is 0.207 e. The average molecular weight is 229 g/mol. The van der Waals surface area contributed by atoms with Gasteiger partial charge in [0.15, 0.2) is 0 Å². The summed E-state index contributed by atoms with van der Waals surface area (Å²) >= 11 is 5.99. The Kier molecular flexibility index (Phi) is 4.15. The van der Waals surface area contributed by atoms with Crippen LogP contribution in [0.15, 0.2) is 24.3 Å². The number of benzene rings is 1. The lowest BCUT2D eigenvalue weighted by Crippen LogP contribution is -2.18. The van der Waals surface area contributed by atoms with Crippen LogP contribution in [0.1, 0.15) is 32.8 Å². The summed E-state index contributed by atoms with van der Waals surface area (Å²) in [5, 5.41) is 0.161. The highest BCUT2D eigenvalue weighted by atomic mass is 35.5. The SMILES string of the molecule is CC(Cl)CC(C)(C)Cc1cccc(F)c1. The first-order valence-corrected chi connectivity index (χ1v) is 5.71. The van der Waals surface area contributed by atoms with Crippen LogP contribution < -0.4 is 0 Å². The molecule has 0 aliphatic carbocycles. The van der Waals surface area contributed by atoms with Crippen molar-refractivity contribution in [3.63, 3.8) is 0 Å². The predicted octanol–water partition coefficient (Wildman–Crippen LogP) is 4.41. The zero-order valence-corrected chi connectivity index (χ0v) is 10.3. The van der Waals surface area contributed by atoms with E-state index in [9.17, 15) is 4.39 Å². The van der Waals surface area contributed by atoms with Crippen LogP contribution in [0, 0.1) is 11.2 Å². The van der Waals surface area contributed by atoms with Crippen LogP contribution in [0.3, 0.4) is 0 Å². The molecule has 2 heteroatoms. The van der Waals surface area contributed by atoms with Gasteiger partial charge in [-0.3, -0.25) is 0 Å². The summed E-state index contributed by atoms with van der Waals surface area (Å²) in [5.74, 6) is -0.165. The molecule has 1 aromatic carbocycles. The Balaban J connectivity index is 2.68. The minimum atomic E-state index is -0.165. The first-order chi connectivity index (χ1) is 6.89. The van der Waals surface area contributed by atoms with Crippen LogP contribution in [-0.4, -0.2) is 5.38 Å². The van der Waals surface area contributed by atoms with E-state index in [1.165, 1.54) is 6.07 Å². The van der Waals surface area contributed by atoms with E-state index in [-0.39, 0.29) is 16.6 Å². The van der Waals surface area contributed by atoms with E-state index in [1.54, 1.807) is 12.1 Å². The van der Waals surface area contributed by atoms with E-state index in [0.29, 0.717) is 0 Å². The lowest BCUT2D eigenvalue weighted by Gasteiger charge is -2.26. The van der Waals surface area contributed by atoms with Crippen molar-refractivity contribution in [2.24, 2.45) is 5.41 Å². The number of rotatable bonds is 4. The molecular weight excluding hydrogens is 211 g/mol. The van der Waals surface area contributed by atoms with Crippen LogP contribution in [0.2, 0.25) is 0 Å². The molecular formula is C13H18ClF. The minimum Gasteiger partial charge on any atom is -0.207 e. The van der Waals surface area contributed by atoms with Crippen molar-refractivity contribution in [1.29, 1.82) is 0 Å².